The maximum absolute atomic E-state index is 12.2. The molecular formula is C25H31F3O. The molecule has 0 unspecified atom stereocenters. The van der Waals surface area contributed by atoms with Crippen LogP contribution in [0.1, 0.15) is 69.8 Å². The maximum Gasteiger partial charge on any atom is 0.389 e. The lowest BCUT2D eigenvalue weighted by atomic mass is 9.77. The van der Waals surface area contributed by atoms with Crippen molar-refractivity contribution in [3.05, 3.63) is 54.1 Å². The molecule has 0 aliphatic heterocycles. The van der Waals surface area contributed by atoms with Gasteiger partial charge in [-0.05, 0) is 72.8 Å². The number of alkyl halides is 3. The van der Waals surface area contributed by atoms with E-state index in [9.17, 15) is 13.2 Å². The fourth-order valence-corrected chi connectivity index (χ4v) is 4.35. The molecule has 1 nitrogen and oxygen atoms in total. The fourth-order valence-electron chi connectivity index (χ4n) is 4.35. The fraction of sp³-hybridized carbons (Fsp3) is 0.520. The number of benzene rings is 2. The summed E-state index contributed by atoms with van der Waals surface area (Å²) in [7, 11) is 0. The van der Waals surface area contributed by atoms with Gasteiger partial charge in [-0.15, -0.1) is 0 Å². The first kappa shape index (κ1) is 21.7. The van der Waals surface area contributed by atoms with Crippen LogP contribution in [-0.4, -0.2) is 12.8 Å². The first-order valence-electron chi connectivity index (χ1n) is 10.8. The average Bonchev–Trinajstić information content (AvgIpc) is 2.72. The molecule has 0 heterocycles. The predicted octanol–water partition coefficient (Wildman–Crippen LogP) is 8.15. The smallest absolute Gasteiger partial charge is 0.389 e. The first-order chi connectivity index (χ1) is 13.9. The van der Waals surface area contributed by atoms with Crippen molar-refractivity contribution in [2.24, 2.45) is 5.92 Å². The van der Waals surface area contributed by atoms with Crippen LogP contribution in [0.15, 0.2) is 48.5 Å². The van der Waals surface area contributed by atoms with Crippen molar-refractivity contribution >= 4 is 0 Å². The molecule has 1 aliphatic rings. The molecule has 29 heavy (non-hydrogen) atoms. The number of hydrogen-bond acceptors (Lipinski definition) is 1. The van der Waals surface area contributed by atoms with Crippen molar-refractivity contribution < 1.29 is 17.9 Å². The third kappa shape index (κ3) is 6.80. The van der Waals surface area contributed by atoms with E-state index in [0.717, 1.165) is 17.0 Å². The van der Waals surface area contributed by atoms with Crippen LogP contribution in [0.3, 0.4) is 0 Å². The summed E-state index contributed by atoms with van der Waals surface area (Å²) < 4.78 is 41.9. The zero-order chi connectivity index (χ0) is 20.7. The van der Waals surface area contributed by atoms with Gasteiger partial charge in [0.25, 0.3) is 0 Å². The zero-order valence-corrected chi connectivity index (χ0v) is 17.2. The molecule has 0 bridgehead atoms. The number of ether oxygens (including phenoxy) is 1. The van der Waals surface area contributed by atoms with Crippen LogP contribution in [0.25, 0.3) is 11.1 Å². The summed E-state index contributed by atoms with van der Waals surface area (Å²) in [6, 6.07) is 16.4. The van der Waals surface area contributed by atoms with E-state index < -0.39 is 12.6 Å². The lowest BCUT2D eigenvalue weighted by molar-refractivity contribution is -0.136. The Hall–Kier alpha value is -1.97. The molecule has 3 rings (SSSR count). The van der Waals surface area contributed by atoms with E-state index in [-0.39, 0.29) is 13.0 Å². The van der Waals surface area contributed by atoms with E-state index in [1.807, 2.05) is 24.3 Å². The SMILES string of the molecule is CCC[C@H]1CC[C@H](c2ccc(-c3ccc(OCCCC(F)(F)F)cc3)cc2)CC1. The summed E-state index contributed by atoms with van der Waals surface area (Å²) in [5.41, 5.74) is 3.68. The van der Waals surface area contributed by atoms with Crippen molar-refractivity contribution in [3.63, 3.8) is 0 Å². The third-order valence-electron chi connectivity index (χ3n) is 5.99. The zero-order valence-electron chi connectivity index (χ0n) is 17.2. The minimum Gasteiger partial charge on any atom is -0.494 e. The van der Waals surface area contributed by atoms with E-state index in [1.54, 1.807) is 0 Å². The molecule has 4 heteroatoms. The molecule has 0 N–H and O–H groups in total. The lowest BCUT2D eigenvalue weighted by Gasteiger charge is -2.28. The Morgan fingerprint density at radius 3 is 2.00 bits per heavy atom. The van der Waals surface area contributed by atoms with Gasteiger partial charge < -0.3 is 4.74 Å². The van der Waals surface area contributed by atoms with Gasteiger partial charge in [-0.3, -0.25) is 0 Å². The summed E-state index contributed by atoms with van der Waals surface area (Å²) in [6.07, 6.45) is 3.01. The molecular weight excluding hydrogens is 373 g/mol. The maximum atomic E-state index is 12.2. The predicted molar refractivity (Wildman–Crippen MR) is 112 cm³/mol. The Balaban J connectivity index is 1.51. The van der Waals surface area contributed by atoms with E-state index in [0.29, 0.717) is 11.7 Å². The Morgan fingerprint density at radius 2 is 1.45 bits per heavy atom. The van der Waals surface area contributed by atoms with Crippen LogP contribution in [-0.2, 0) is 0 Å². The summed E-state index contributed by atoms with van der Waals surface area (Å²) in [4.78, 5) is 0. The second kappa shape index (κ2) is 10.2. The second-order valence-electron chi connectivity index (χ2n) is 8.22. The average molecular weight is 405 g/mol. The highest BCUT2D eigenvalue weighted by Gasteiger charge is 2.26. The van der Waals surface area contributed by atoms with Crippen molar-refractivity contribution in [1.82, 2.24) is 0 Å². The Bertz CT molecular complexity index is 726. The summed E-state index contributed by atoms with van der Waals surface area (Å²) in [5, 5.41) is 0. The van der Waals surface area contributed by atoms with Gasteiger partial charge in [-0.2, -0.15) is 13.2 Å². The second-order valence-corrected chi connectivity index (χ2v) is 8.22. The Kier molecular flexibility index (Phi) is 7.63. The molecule has 1 aliphatic carbocycles. The van der Waals surface area contributed by atoms with Gasteiger partial charge in [0.2, 0.25) is 0 Å². The van der Waals surface area contributed by atoms with Crippen molar-refractivity contribution in [2.45, 2.75) is 70.4 Å². The van der Waals surface area contributed by atoms with Crippen LogP contribution >= 0.6 is 0 Å². The summed E-state index contributed by atoms with van der Waals surface area (Å²) in [6.45, 7) is 2.35. The van der Waals surface area contributed by atoms with Crippen LogP contribution in [0.5, 0.6) is 5.75 Å². The van der Waals surface area contributed by atoms with Gasteiger partial charge >= 0.3 is 6.18 Å². The molecule has 1 saturated carbocycles. The van der Waals surface area contributed by atoms with Gasteiger partial charge in [0.05, 0.1) is 6.61 Å². The number of halogens is 3. The summed E-state index contributed by atoms with van der Waals surface area (Å²) >= 11 is 0. The number of rotatable bonds is 8. The standard InChI is InChI=1S/C25H31F3O/c1-2-4-19-5-7-20(8-6-19)21-9-11-22(12-10-21)23-13-15-24(16-14-23)29-18-3-17-25(26,27)28/h9-16,19-20H,2-8,17-18H2,1H3/t19-,20-. The topological polar surface area (TPSA) is 9.23 Å². The molecule has 158 valence electrons. The van der Waals surface area contributed by atoms with Gasteiger partial charge in [0, 0.05) is 6.42 Å². The van der Waals surface area contributed by atoms with Crippen LogP contribution in [0, 0.1) is 5.92 Å². The molecule has 0 amide bonds. The van der Waals surface area contributed by atoms with Crippen molar-refractivity contribution in [1.29, 1.82) is 0 Å². The molecule has 0 aromatic heterocycles. The van der Waals surface area contributed by atoms with Crippen molar-refractivity contribution in [2.75, 3.05) is 6.61 Å². The van der Waals surface area contributed by atoms with Gasteiger partial charge in [-0.1, -0.05) is 56.2 Å². The van der Waals surface area contributed by atoms with Crippen LogP contribution < -0.4 is 4.74 Å². The molecule has 2 aromatic rings. The third-order valence-corrected chi connectivity index (χ3v) is 5.99. The molecule has 0 saturated heterocycles. The molecule has 0 radical (unpaired) electrons. The monoisotopic (exact) mass is 404 g/mol. The lowest BCUT2D eigenvalue weighted by Crippen LogP contribution is -2.13. The van der Waals surface area contributed by atoms with Gasteiger partial charge in [0.1, 0.15) is 5.75 Å². The molecule has 2 aromatic carbocycles. The normalized spacial score (nSPS) is 19.9. The van der Waals surface area contributed by atoms with E-state index in [2.05, 4.69) is 31.2 Å². The first-order valence-corrected chi connectivity index (χ1v) is 10.8. The van der Waals surface area contributed by atoms with Crippen molar-refractivity contribution in [3.8, 4) is 16.9 Å². The van der Waals surface area contributed by atoms with Crippen LogP contribution in [0.4, 0.5) is 13.2 Å². The highest BCUT2D eigenvalue weighted by atomic mass is 19.4. The van der Waals surface area contributed by atoms with E-state index in [4.69, 9.17) is 4.74 Å². The summed E-state index contributed by atoms with van der Waals surface area (Å²) in [5.74, 6) is 2.21. The van der Waals surface area contributed by atoms with Gasteiger partial charge in [0.15, 0.2) is 0 Å². The quantitative estimate of drug-likeness (QED) is 0.403. The van der Waals surface area contributed by atoms with E-state index >= 15 is 0 Å². The van der Waals surface area contributed by atoms with Gasteiger partial charge in [-0.25, -0.2) is 0 Å². The highest BCUT2D eigenvalue weighted by Crippen LogP contribution is 2.38. The minimum absolute atomic E-state index is 0.0208. The minimum atomic E-state index is -4.12. The molecule has 0 atom stereocenters. The highest BCUT2D eigenvalue weighted by molar-refractivity contribution is 5.64. The Labute approximate surface area is 172 Å². The molecule has 0 spiro atoms. The van der Waals surface area contributed by atoms with E-state index in [1.165, 1.54) is 44.1 Å². The Morgan fingerprint density at radius 1 is 0.862 bits per heavy atom. The molecule has 1 fully saturated rings. The largest absolute Gasteiger partial charge is 0.494 e. The van der Waals surface area contributed by atoms with Crippen LogP contribution in [0.2, 0.25) is 0 Å². The number of hydrogen-bond donors (Lipinski definition) is 0.